The molecule has 1 unspecified atom stereocenters. The lowest BCUT2D eigenvalue weighted by atomic mass is 10.5. The van der Waals surface area contributed by atoms with Crippen molar-refractivity contribution in [2.45, 2.75) is 5.75 Å². The number of aromatic nitrogens is 2. The highest BCUT2D eigenvalue weighted by atomic mass is 32.2. The van der Waals surface area contributed by atoms with Gasteiger partial charge in [-0.05, 0) is 6.07 Å². The average molecular weight is 146 g/mol. The van der Waals surface area contributed by atoms with E-state index in [1.807, 2.05) is 0 Å². The van der Waals surface area contributed by atoms with Crippen molar-refractivity contribution in [2.75, 3.05) is 0 Å². The molecule has 0 bridgehead atoms. The highest BCUT2D eigenvalue weighted by molar-refractivity contribution is 7.78. The van der Waals surface area contributed by atoms with Crippen LogP contribution in [-0.2, 0) is 16.8 Å². The standard InChI is InChI=1S/C4H6N2O2S/c7-9(8)3-4-1-2-5-6-4/h1-2H,3H2,(H,5,6)(H,7,8). The Morgan fingerprint density at radius 2 is 2.67 bits per heavy atom. The number of hydrogen-bond acceptors (Lipinski definition) is 2. The van der Waals surface area contributed by atoms with Gasteiger partial charge in [0.2, 0.25) is 0 Å². The topological polar surface area (TPSA) is 66.0 Å². The van der Waals surface area contributed by atoms with Gasteiger partial charge in [-0.2, -0.15) is 5.10 Å². The third-order valence-electron chi connectivity index (χ3n) is 0.837. The van der Waals surface area contributed by atoms with Crippen molar-refractivity contribution in [1.29, 1.82) is 0 Å². The zero-order valence-corrected chi connectivity index (χ0v) is 5.39. The molecule has 0 radical (unpaired) electrons. The van der Waals surface area contributed by atoms with Crippen molar-refractivity contribution in [1.82, 2.24) is 10.2 Å². The summed E-state index contributed by atoms with van der Waals surface area (Å²) in [6.45, 7) is 0. The van der Waals surface area contributed by atoms with E-state index in [1.165, 1.54) is 0 Å². The summed E-state index contributed by atoms with van der Waals surface area (Å²) >= 11 is -1.77. The van der Waals surface area contributed by atoms with Crippen LogP contribution in [0.25, 0.3) is 0 Å². The molecule has 1 aromatic rings. The second-order valence-corrected chi connectivity index (χ2v) is 2.48. The molecule has 1 atom stereocenters. The van der Waals surface area contributed by atoms with Crippen molar-refractivity contribution >= 4 is 11.1 Å². The largest absolute Gasteiger partial charge is 0.306 e. The van der Waals surface area contributed by atoms with Crippen LogP contribution in [0.1, 0.15) is 5.69 Å². The van der Waals surface area contributed by atoms with Gasteiger partial charge in [-0.25, -0.2) is 4.21 Å². The molecule has 9 heavy (non-hydrogen) atoms. The predicted octanol–water partition coefficient (Wildman–Crippen LogP) is 0.131. The van der Waals surface area contributed by atoms with Gasteiger partial charge in [-0.3, -0.25) is 5.10 Å². The van der Waals surface area contributed by atoms with Crippen molar-refractivity contribution in [3.05, 3.63) is 18.0 Å². The number of hydrogen-bond donors (Lipinski definition) is 2. The van der Waals surface area contributed by atoms with E-state index in [0.717, 1.165) is 0 Å². The fourth-order valence-corrected chi connectivity index (χ4v) is 0.925. The van der Waals surface area contributed by atoms with E-state index in [9.17, 15) is 4.21 Å². The second-order valence-electron chi connectivity index (χ2n) is 1.55. The Bertz CT molecular complexity index is 196. The zero-order chi connectivity index (χ0) is 6.69. The Morgan fingerprint density at radius 1 is 1.89 bits per heavy atom. The van der Waals surface area contributed by atoms with Crippen molar-refractivity contribution in [3.8, 4) is 0 Å². The maximum atomic E-state index is 10.1. The lowest BCUT2D eigenvalue weighted by Gasteiger charge is -1.86. The summed E-state index contributed by atoms with van der Waals surface area (Å²) in [6, 6.07) is 1.66. The Balaban J connectivity index is 2.58. The van der Waals surface area contributed by atoms with E-state index in [0.29, 0.717) is 5.69 Å². The molecule has 5 heteroatoms. The monoisotopic (exact) mass is 146 g/mol. The Morgan fingerprint density at radius 3 is 3.11 bits per heavy atom. The third-order valence-corrected chi connectivity index (χ3v) is 1.40. The Labute approximate surface area is 54.6 Å². The summed E-state index contributed by atoms with van der Waals surface area (Å²) in [7, 11) is 0. The third kappa shape index (κ3) is 1.95. The first kappa shape index (κ1) is 6.44. The van der Waals surface area contributed by atoms with E-state index in [1.54, 1.807) is 12.3 Å². The van der Waals surface area contributed by atoms with E-state index in [2.05, 4.69) is 10.2 Å². The SMILES string of the molecule is O=S(O)Cc1ccn[nH]1. The van der Waals surface area contributed by atoms with Crippen LogP contribution in [0.5, 0.6) is 0 Å². The molecule has 0 aliphatic heterocycles. The molecule has 0 spiro atoms. The molecule has 50 valence electrons. The predicted molar refractivity (Wildman–Crippen MR) is 33.1 cm³/mol. The molecule has 1 heterocycles. The molecule has 0 saturated carbocycles. The number of H-pyrrole nitrogens is 1. The molecule has 0 fully saturated rings. The quantitative estimate of drug-likeness (QED) is 0.583. The lowest BCUT2D eigenvalue weighted by molar-refractivity contribution is 0.562. The minimum absolute atomic E-state index is 0.125. The van der Waals surface area contributed by atoms with Crippen LogP contribution in [0.2, 0.25) is 0 Å². The smallest absolute Gasteiger partial charge is 0.158 e. The first-order chi connectivity index (χ1) is 4.29. The molecular formula is C4H6N2O2S. The number of rotatable bonds is 2. The summed E-state index contributed by atoms with van der Waals surface area (Å²) in [5.74, 6) is 0.125. The van der Waals surface area contributed by atoms with Crippen LogP contribution in [0.15, 0.2) is 12.3 Å². The fraction of sp³-hybridized carbons (Fsp3) is 0.250. The number of nitrogens with one attached hydrogen (secondary N) is 1. The Hall–Kier alpha value is -0.680. The molecule has 0 aliphatic carbocycles. The van der Waals surface area contributed by atoms with Crippen LogP contribution in [0.4, 0.5) is 0 Å². The van der Waals surface area contributed by atoms with Gasteiger partial charge < -0.3 is 4.55 Å². The maximum Gasteiger partial charge on any atom is 0.158 e. The van der Waals surface area contributed by atoms with Gasteiger partial charge in [0.1, 0.15) is 0 Å². The van der Waals surface area contributed by atoms with Crippen LogP contribution < -0.4 is 0 Å². The highest BCUT2D eigenvalue weighted by Crippen LogP contribution is 1.93. The normalized spacial score (nSPS) is 13.4. The van der Waals surface area contributed by atoms with Gasteiger partial charge in [-0.1, -0.05) is 0 Å². The van der Waals surface area contributed by atoms with E-state index < -0.39 is 11.1 Å². The number of nitrogens with zero attached hydrogens (tertiary/aromatic N) is 1. The molecule has 1 aromatic heterocycles. The summed E-state index contributed by atoms with van der Waals surface area (Å²) < 4.78 is 18.5. The van der Waals surface area contributed by atoms with Crippen molar-refractivity contribution in [3.63, 3.8) is 0 Å². The van der Waals surface area contributed by atoms with Crippen LogP contribution in [0.3, 0.4) is 0 Å². The van der Waals surface area contributed by atoms with Gasteiger partial charge in [0.05, 0.1) is 11.4 Å². The van der Waals surface area contributed by atoms with E-state index in [-0.39, 0.29) is 5.75 Å². The molecule has 4 nitrogen and oxygen atoms in total. The minimum atomic E-state index is -1.77. The molecule has 1 rings (SSSR count). The fourth-order valence-electron chi connectivity index (χ4n) is 0.498. The zero-order valence-electron chi connectivity index (χ0n) is 4.57. The highest BCUT2D eigenvalue weighted by Gasteiger charge is 1.96. The van der Waals surface area contributed by atoms with Gasteiger partial charge in [-0.15, -0.1) is 0 Å². The van der Waals surface area contributed by atoms with Gasteiger partial charge in [0, 0.05) is 6.20 Å². The summed E-state index contributed by atoms with van der Waals surface area (Å²) in [4.78, 5) is 0. The molecular weight excluding hydrogens is 140 g/mol. The first-order valence-corrected chi connectivity index (χ1v) is 3.62. The van der Waals surface area contributed by atoms with Gasteiger partial charge >= 0.3 is 0 Å². The van der Waals surface area contributed by atoms with E-state index >= 15 is 0 Å². The molecule has 0 amide bonds. The minimum Gasteiger partial charge on any atom is -0.306 e. The average Bonchev–Trinajstić information content (AvgIpc) is 2.15. The molecule has 0 saturated heterocycles. The molecule has 2 N–H and O–H groups in total. The van der Waals surface area contributed by atoms with Crippen molar-refractivity contribution in [2.24, 2.45) is 0 Å². The number of aromatic amines is 1. The van der Waals surface area contributed by atoms with Gasteiger partial charge in [0.15, 0.2) is 11.1 Å². The summed E-state index contributed by atoms with van der Waals surface area (Å²) in [5.41, 5.74) is 0.677. The van der Waals surface area contributed by atoms with Crippen LogP contribution >= 0.6 is 0 Å². The Kier molecular flexibility index (Phi) is 1.96. The summed E-state index contributed by atoms with van der Waals surface area (Å²) in [5, 5.41) is 6.17. The molecule has 0 aliphatic rings. The van der Waals surface area contributed by atoms with Crippen LogP contribution in [0, 0.1) is 0 Å². The van der Waals surface area contributed by atoms with E-state index in [4.69, 9.17) is 4.55 Å². The summed E-state index contributed by atoms with van der Waals surface area (Å²) in [6.07, 6.45) is 1.54. The first-order valence-electron chi connectivity index (χ1n) is 2.35. The van der Waals surface area contributed by atoms with Crippen molar-refractivity contribution < 1.29 is 8.76 Å². The maximum absolute atomic E-state index is 10.1. The molecule has 0 aromatic carbocycles. The second kappa shape index (κ2) is 2.75. The van der Waals surface area contributed by atoms with Gasteiger partial charge in [0.25, 0.3) is 0 Å². The lowest BCUT2D eigenvalue weighted by Crippen LogP contribution is -1.92. The van der Waals surface area contributed by atoms with Crippen LogP contribution in [-0.4, -0.2) is 19.0 Å².